The Kier molecular flexibility index (Phi) is 9.92. The van der Waals surface area contributed by atoms with Crippen molar-refractivity contribution in [2.75, 3.05) is 6.61 Å². The monoisotopic (exact) mass is 558 g/mol. The number of carbonyl (C=O) groups excluding carboxylic acids is 1. The summed E-state index contributed by atoms with van der Waals surface area (Å²) in [5.74, 6) is 5.36. The first-order chi connectivity index (χ1) is 19.2. The SMILES string of the molecule is CCOC(=O)CCC1C2CC3NC(CC4NC(CC5NC(CC(N2)C1C)C(C)C5C)C(C)C4CC)C(CC)C3C. The largest absolute Gasteiger partial charge is 0.466 e. The minimum atomic E-state index is -0.0289. The summed E-state index contributed by atoms with van der Waals surface area (Å²) in [5, 5.41) is 16.8. The number of hydrogen-bond donors (Lipinski definition) is 4. The van der Waals surface area contributed by atoms with E-state index in [1.54, 1.807) is 0 Å². The van der Waals surface area contributed by atoms with Crippen LogP contribution >= 0.6 is 0 Å². The van der Waals surface area contributed by atoms with Gasteiger partial charge >= 0.3 is 5.97 Å². The number of hydrogen-bond acceptors (Lipinski definition) is 6. The molecule has 0 saturated carbocycles. The lowest BCUT2D eigenvalue weighted by atomic mass is 9.77. The highest BCUT2D eigenvalue weighted by atomic mass is 16.5. The fourth-order valence-corrected chi connectivity index (χ4v) is 10.5. The maximum Gasteiger partial charge on any atom is 0.305 e. The first-order valence-electron chi connectivity index (χ1n) is 17.4. The van der Waals surface area contributed by atoms with Gasteiger partial charge in [0.15, 0.2) is 0 Å². The van der Waals surface area contributed by atoms with Crippen molar-refractivity contribution in [3.63, 3.8) is 0 Å². The van der Waals surface area contributed by atoms with Crippen LogP contribution in [-0.2, 0) is 9.53 Å². The molecule has 16 atom stereocenters. The summed E-state index contributed by atoms with van der Waals surface area (Å²) in [4.78, 5) is 12.4. The zero-order chi connectivity index (χ0) is 28.7. The van der Waals surface area contributed by atoms with Crippen molar-refractivity contribution >= 4 is 5.97 Å². The van der Waals surface area contributed by atoms with E-state index in [4.69, 9.17) is 4.74 Å². The van der Waals surface area contributed by atoms with E-state index in [0.29, 0.717) is 91.0 Å². The fourth-order valence-electron chi connectivity index (χ4n) is 10.5. The minimum absolute atomic E-state index is 0.0289. The van der Waals surface area contributed by atoms with Crippen LogP contribution in [-0.4, -0.2) is 60.9 Å². The molecule has 5 saturated heterocycles. The van der Waals surface area contributed by atoms with Crippen molar-refractivity contribution in [1.29, 1.82) is 0 Å². The summed E-state index contributed by atoms with van der Waals surface area (Å²) in [6.45, 7) is 19.7. The van der Waals surface area contributed by atoms with Gasteiger partial charge in [0.2, 0.25) is 0 Å². The lowest BCUT2D eigenvalue weighted by Crippen LogP contribution is -2.45. The molecule has 0 radical (unpaired) electrons. The summed E-state index contributed by atoms with van der Waals surface area (Å²) < 4.78 is 5.34. The van der Waals surface area contributed by atoms with E-state index in [2.05, 4.69) is 69.7 Å². The first kappa shape index (κ1) is 30.8. The average molecular weight is 559 g/mol. The van der Waals surface area contributed by atoms with Gasteiger partial charge in [-0.15, -0.1) is 0 Å². The summed E-state index contributed by atoms with van der Waals surface area (Å²) in [5.41, 5.74) is 0. The average Bonchev–Trinajstić information content (AvgIpc) is 3.57. The van der Waals surface area contributed by atoms with Crippen LogP contribution in [0.4, 0.5) is 0 Å². The summed E-state index contributed by atoms with van der Waals surface area (Å²) >= 11 is 0. The van der Waals surface area contributed by atoms with Crippen molar-refractivity contribution in [1.82, 2.24) is 21.3 Å². The number of rotatable bonds is 6. The third kappa shape index (κ3) is 5.90. The molecule has 5 heterocycles. The predicted molar refractivity (Wildman–Crippen MR) is 164 cm³/mol. The Morgan fingerprint density at radius 3 is 1.35 bits per heavy atom. The van der Waals surface area contributed by atoms with Crippen LogP contribution in [0.1, 0.15) is 107 Å². The second kappa shape index (κ2) is 12.9. The Morgan fingerprint density at radius 1 is 0.550 bits per heavy atom. The lowest BCUT2D eigenvalue weighted by Gasteiger charge is -2.27. The van der Waals surface area contributed by atoms with Crippen LogP contribution in [0, 0.1) is 47.3 Å². The van der Waals surface area contributed by atoms with Crippen molar-refractivity contribution < 1.29 is 9.53 Å². The molecule has 0 aromatic carbocycles. The van der Waals surface area contributed by atoms with E-state index in [1.807, 2.05) is 6.92 Å². The molecule has 6 nitrogen and oxygen atoms in total. The Morgan fingerprint density at radius 2 is 0.900 bits per heavy atom. The maximum absolute atomic E-state index is 12.4. The standard InChI is InChI=1S/C34H62N4O2/c1-9-23-20(6)28-14-26-18(4)19(5)27(35-26)15-29-22(8)25(12-13-34(39)40-11-3)33(38-29)16-30-21(7)24(10-2)32(37-30)17-31(23)36-28/h18-33,35-38H,9-17H2,1-8H3. The number of nitrogens with one attached hydrogen (secondary N) is 4. The third-order valence-electron chi connectivity index (χ3n) is 13.3. The van der Waals surface area contributed by atoms with Gasteiger partial charge in [-0.3, -0.25) is 4.79 Å². The lowest BCUT2D eigenvalue weighted by molar-refractivity contribution is -0.143. The van der Waals surface area contributed by atoms with E-state index in [9.17, 15) is 4.79 Å². The zero-order valence-corrected chi connectivity index (χ0v) is 26.9. The molecule has 0 aromatic heterocycles. The first-order valence-corrected chi connectivity index (χ1v) is 17.4. The second-order valence-corrected chi connectivity index (χ2v) is 14.9. The maximum atomic E-state index is 12.4. The fraction of sp³-hybridized carbons (Fsp3) is 0.971. The Hall–Kier alpha value is -0.690. The summed E-state index contributed by atoms with van der Waals surface area (Å²) in [6.07, 6.45) is 8.89. The highest BCUT2D eigenvalue weighted by Gasteiger charge is 2.50. The van der Waals surface area contributed by atoms with Gasteiger partial charge < -0.3 is 26.0 Å². The van der Waals surface area contributed by atoms with Gasteiger partial charge in [-0.1, -0.05) is 61.3 Å². The van der Waals surface area contributed by atoms with E-state index >= 15 is 0 Å². The Bertz CT molecular complexity index is 854. The van der Waals surface area contributed by atoms with E-state index in [0.717, 1.165) is 24.2 Å². The van der Waals surface area contributed by atoms with Crippen LogP contribution in [0.5, 0.6) is 0 Å². The molecule has 6 heteroatoms. The molecule has 4 N–H and O–H groups in total. The quantitative estimate of drug-likeness (QED) is 0.340. The van der Waals surface area contributed by atoms with Gasteiger partial charge in [0, 0.05) is 54.8 Å². The van der Waals surface area contributed by atoms with Crippen LogP contribution in [0.15, 0.2) is 0 Å². The highest BCUT2D eigenvalue weighted by molar-refractivity contribution is 5.69. The number of esters is 1. The molecule has 5 rings (SSSR count). The van der Waals surface area contributed by atoms with Crippen molar-refractivity contribution in [3.8, 4) is 0 Å². The molecule has 5 aliphatic heterocycles. The van der Waals surface area contributed by atoms with E-state index in [1.165, 1.54) is 38.5 Å². The molecule has 230 valence electrons. The molecule has 0 aliphatic carbocycles. The molecule has 40 heavy (non-hydrogen) atoms. The van der Waals surface area contributed by atoms with Crippen molar-refractivity contribution in [2.24, 2.45) is 47.3 Å². The molecule has 8 bridgehead atoms. The predicted octanol–water partition coefficient (Wildman–Crippen LogP) is 5.11. The van der Waals surface area contributed by atoms with E-state index < -0.39 is 0 Å². The van der Waals surface area contributed by atoms with Crippen LogP contribution in [0.2, 0.25) is 0 Å². The van der Waals surface area contributed by atoms with Gasteiger partial charge in [-0.2, -0.15) is 0 Å². The molecular weight excluding hydrogens is 496 g/mol. The summed E-state index contributed by atoms with van der Waals surface area (Å²) in [7, 11) is 0. The van der Waals surface area contributed by atoms with E-state index in [-0.39, 0.29) is 5.97 Å². The summed E-state index contributed by atoms with van der Waals surface area (Å²) in [6, 6.07) is 4.48. The molecule has 0 spiro atoms. The van der Waals surface area contributed by atoms with Gasteiger partial charge in [-0.25, -0.2) is 0 Å². The van der Waals surface area contributed by atoms with Gasteiger partial charge in [0.05, 0.1) is 6.61 Å². The molecule has 16 unspecified atom stereocenters. The zero-order valence-electron chi connectivity index (χ0n) is 26.9. The number of fused-ring (bicyclic) bond motifs is 8. The van der Waals surface area contributed by atoms with Gasteiger partial charge in [-0.05, 0) is 86.4 Å². The van der Waals surface area contributed by atoms with Crippen molar-refractivity contribution in [3.05, 3.63) is 0 Å². The van der Waals surface area contributed by atoms with Crippen LogP contribution < -0.4 is 21.3 Å². The Balaban J connectivity index is 1.42. The van der Waals surface area contributed by atoms with Gasteiger partial charge in [0.25, 0.3) is 0 Å². The Labute approximate surface area is 245 Å². The molecule has 0 amide bonds. The number of ether oxygens (including phenoxy) is 1. The topological polar surface area (TPSA) is 74.4 Å². The normalized spacial score (nSPS) is 50.8. The smallest absolute Gasteiger partial charge is 0.305 e. The van der Waals surface area contributed by atoms with Crippen LogP contribution in [0.25, 0.3) is 0 Å². The molecular formula is C34H62N4O2. The number of carbonyl (C=O) groups is 1. The molecule has 0 aromatic rings. The van der Waals surface area contributed by atoms with Crippen molar-refractivity contribution in [2.45, 2.75) is 155 Å². The minimum Gasteiger partial charge on any atom is -0.466 e. The second-order valence-electron chi connectivity index (χ2n) is 14.9. The van der Waals surface area contributed by atoms with Gasteiger partial charge in [0.1, 0.15) is 0 Å². The molecule has 5 aliphatic rings. The molecule has 5 fully saturated rings. The highest BCUT2D eigenvalue weighted by Crippen LogP contribution is 2.44. The third-order valence-corrected chi connectivity index (χ3v) is 13.3. The van der Waals surface area contributed by atoms with Crippen LogP contribution in [0.3, 0.4) is 0 Å².